The summed E-state index contributed by atoms with van der Waals surface area (Å²) in [6, 6.07) is 0.281. The van der Waals surface area contributed by atoms with Crippen LogP contribution in [0, 0.1) is 0 Å². The summed E-state index contributed by atoms with van der Waals surface area (Å²) < 4.78 is 0. The molecule has 0 bridgehead atoms. The molecular formula is C9H20N2. The minimum Gasteiger partial charge on any atom is -0.327 e. The van der Waals surface area contributed by atoms with E-state index < -0.39 is 0 Å². The van der Waals surface area contributed by atoms with Crippen molar-refractivity contribution in [2.75, 3.05) is 20.1 Å². The Morgan fingerprint density at radius 3 is 2.73 bits per heavy atom. The van der Waals surface area contributed by atoms with Crippen LogP contribution in [0.15, 0.2) is 12.7 Å². The van der Waals surface area contributed by atoms with Crippen LogP contribution in [0.2, 0.25) is 0 Å². The van der Waals surface area contributed by atoms with Crippen LogP contribution in [-0.4, -0.2) is 31.1 Å². The van der Waals surface area contributed by atoms with Gasteiger partial charge in [0.05, 0.1) is 0 Å². The molecule has 1 unspecified atom stereocenters. The number of hydrogen-bond acceptors (Lipinski definition) is 2. The zero-order chi connectivity index (χ0) is 8.69. The summed E-state index contributed by atoms with van der Waals surface area (Å²) in [6.45, 7) is 7.81. The maximum Gasteiger partial charge on any atom is 0.0139 e. The van der Waals surface area contributed by atoms with Crippen molar-refractivity contribution in [3.63, 3.8) is 0 Å². The minimum atomic E-state index is 0.281. The summed E-state index contributed by atoms with van der Waals surface area (Å²) in [5, 5.41) is 0. The van der Waals surface area contributed by atoms with Gasteiger partial charge in [0.15, 0.2) is 0 Å². The lowest BCUT2D eigenvalue weighted by atomic mass is 10.2. The lowest BCUT2D eigenvalue weighted by Crippen LogP contribution is -2.33. The van der Waals surface area contributed by atoms with Crippen molar-refractivity contribution >= 4 is 0 Å². The van der Waals surface area contributed by atoms with Crippen LogP contribution in [0.1, 0.15) is 19.8 Å². The van der Waals surface area contributed by atoms with Gasteiger partial charge in [0.2, 0.25) is 0 Å². The van der Waals surface area contributed by atoms with E-state index in [9.17, 15) is 0 Å². The van der Waals surface area contributed by atoms with Gasteiger partial charge in [-0.05, 0) is 33.4 Å². The van der Waals surface area contributed by atoms with Gasteiger partial charge in [0.25, 0.3) is 0 Å². The highest BCUT2D eigenvalue weighted by atomic mass is 15.1. The Hall–Kier alpha value is -0.340. The first-order valence-electron chi connectivity index (χ1n) is 4.22. The van der Waals surface area contributed by atoms with Crippen LogP contribution >= 0.6 is 0 Å². The second-order valence-corrected chi connectivity index (χ2v) is 3.17. The Balaban J connectivity index is 3.21. The molecule has 2 nitrogen and oxygen atoms in total. The highest BCUT2D eigenvalue weighted by Gasteiger charge is 1.99. The molecule has 2 heteroatoms. The summed E-state index contributed by atoms with van der Waals surface area (Å²) in [4.78, 5) is 2.26. The summed E-state index contributed by atoms with van der Waals surface area (Å²) in [7, 11) is 2.10. The first-order valence-corrected chi connectivity index (χ1v) is 4.22. The first-order chi connectivity index (χ1) is 5.16. The molecule has 0 rings (SSSR count). The third-order valence-corrected chi connectivity index (χ3v) is 1.55. The molecule has 0 saturated carbocycles. The summed E-state index contributed by atoms with van der Waals surface area (Å²) in [5.74, 6) is 0. The summed E-state index contributed by atoms with van der Waals surface area (Å²) in [6.07, 6.45) is 4.25. The predicted molar refractivity (Wildman–Crippen MR) is 50.6 cm³/mol. The summed E-state index contributed by atoms with van der Waals surface area (Å²) in [5.41, 5.74) is 5.64. The molecule has 2 N–H and O–H groups in total. The van der Waals surface area contributed by atoms with Gasteiger partial charge >= 0.3 is 0 Å². The fraction of sp³-hybridized carbons (Fsp3) is 0.778. The molecule has 0 aliphatic carbocycles. The van der Waals surface area contributed by atoms with Crippen LogP contribution in [-0.2, 0) is 0 Å². The molecule has 0 aromatic rings. The fourth-order valence-electron chi connectivity index (χ4n) is 1.09. The van der Waals surface area contributed by atoms with E-state index in [1.54, 1.807) is 0 Å². The van der Waals surface area contributed by atoms with Crippen LogP contribution in [0.5, 0.6) is 0 Å². The maximum atomic E-state index is 5.64. The lowest BCUT2D eigenvalue weighted by molar-refractivity contribution is 0.314. The van der Waals surface area contributed by atoms with Crippen molar-refractivity contribution in [3.05, 3.63) is 12.7 Å². The Bertz CT molecular complexity index is 99.7. The minimum absolute atomic E-state index is 0.281. The number of hydrogen-bond donors (Lipinski definition) is 1. The van der Waals surface area contributed by atoms with Crippen molar-refractivity contribution in [2.45, 2.75) is 25.8 Å². The molecule has 0 amide bonds. The van der Waals surface area contributed by atoms with Gasteiger partial charge in [-0.3, -0.25) is 0 Å². The third-order valence-electron chi connectivity index (χ3n) is 1.55. The van der Waals surface area contributed by atoms with E-state index in [-0.39, 0.29) is 6.04 Å². The second-order valence-electron chi connectivity index (χ2n) is 3.17. The van der Waals surface area contributed by atoms with E-state index in [2.05, 4.69) is 18.5 Å². The molecule has 66 valence electrons. The molecule has 0 aliphatic rings. The zero-order valence-electron chi connectivity index (χ0n) is 7.71. The van der Waals surface area contributed by atoms with Gasteiger partial charge in [-0.25, -0.2) is 0 Å². The van der Waals surface area contributed by atoms with E-state index in [0.717, 1.165) is 19.5 Å². The Kier molecular flexibility index (Phi) is 6.18. The Morgan fingerprint density at radius 1 is 1.64 bits per heavy atom. The van der Waals surface area contributed by atoms with Gasteiger partial charge in [-0.1, -0.05) is 6.08 Å². The zero-order valence-corrected chi connectivity index (χ0v) is 7.71. The molecular weight excluding hydrogens is 136 g/mol. The van der Waals surface area contributed by atoms with E-state index in [1.165, 1.54) is 6.42 Å². The van der Waals surface area contributed by atoms with Crippen LogP contribution < -0.4 is 5.73 Å². The predicted octanol–water partition coefficient (Wildman–Crippen LogP) is 1.23. The van der Waals surface area contributed by atoms with E-state index in [4.69, 9.17) is 5.73 Å². The number of nitrogens with zero attached hydrogens (tertiary/aromatic N) is 1. The third kappa shape index (κ3) is 7.56. The molecule has 0 radical (unpaired) electrons. The molecule has 0 aromatic heterocycles. The van der Waals surface area contributed by atoms with Gasteiger partial charge in [0, 0.05) is 12.6 Å². The molecule has 1 atom stereocenters. The SMILES string of the molecule is C=CCCCN(C)CC(C)N. The molecule has 0 heterocycles. The van der Waals surface area contributed by atoms with Crippen LogP contribution in [0.4, 0.5) is 0 Å². The molecule has 0 saturated heterocycles. The van der Waals surface area contributed by atoms with Crippen molar-refractivity contribution in [3.8, 4) is 0 Å². The highest BCUT2D eigenvalue weighted by Crippen LogP contribution is 1.93. The monoisotopic (exact) mass is 156 g/mol. The van der Waals surface area contributed by atoms with Crippen LogP contribution in [0.3, 0.4) is 0 Å². The standard InChI is InChI=1S/C9H20N2/c1-4-5-6-7-11(3)8-9(2)10/h4,9H,1,5-8,10H2,2-3H3. The largest absolute Gasteiger partial charge is 0.327 e. The van der Waals surface area contributed by atoms with E-state index in [0.29, 0.717) is 0 Å². The molecule has 11 heavy (non-hydrogen) atoms. The van der Waals surface area contributed by atoms with Gasteiger partial charge in [-0.15, -0.1) is 6.58 Å². The normalized spacial score (nSPS) is 13.5. The van der Waals surface area contributed by atoms with E-state index in [1.807, 2.05) is 13.0 Å². The number of nitrogens with two attached hydrogens (primary N) is 1. The summed E-state index contributed by atoms with van der Waals surface area (Å²) >= 11 is 0. The second kappa shape index (κ2) is 6.38. The van der Waals surface area contributed by atoms with Gasteiger partial charge in [-0.2, -0.15) is 0 Å². The number of allylic oxidation sites excluding steroid dienone is 1. The Labute approximate surface area is 70.1 Å². The maximum absolute atomic E-state index is 5.64. The van der Waals surface area contributed by atoms with Crippen molar-refractivity contribution in [2.24, 2.45) is 5.73 Å². The molecule has 0 spiro atoms. The smallest absolute Gasteiger partial charge is 0.0139 e. The number of likely N-dealkylation sites (N-methyl/N-ethyl adjacent to an activating group) is 1. The molecule has 0 aromatic carbocycles. The average Bonchev–Trinajstić information content (AvgIpc) is 1.86. The first kappa shape index (κ1) is 10.7. The molecule has 0 fully saturated rings. The number of unbranched alkanes of at least 4 members (excludes halogenated alkanes) is 1. The fourth-order valence-corrected chi connectivity index (χ4v) is 1.09. The van der Waals surface area contributed by atoms with Gasteiger partial charge in [0.1, 0.15) is 0 Å². The van der Waals surface area contributed by atoms with E-state index >= 15 is 0 Å². The van der Waals surface area contributed by atoms with Crippen LogP contribution in [0.25, 0.3) is 0 Å². The molecule has 0 aliphatic heterocycles. The van der Waals surface area contributed by atoms with Crippen molar-refractivity contribution in [1.29, 1.82) is 0 Å². The highest BCUT2D eigenvalue weighted by molar-refractivity contribution is 4.67. The van der Waals surface area contributed by atoms with Crippen molar-refractivity contribution < 1.29 is 0 Å². The quantitative estimate of drug-likeness (QED) is 0.463. The van der Waals surface area contributed by atoms with Crippen molar-refractivity contribution in [1.82, 2.24) is 4.90 Å². The number of rotatable bonds is 6. The topological polar surface area (TPSA) is 29.3 Å². The van der Waals surface area contributed by atoms with Gasteiger partial charge < -0.3 is 10.6 Å². The average molecular weight is 156 g/mol. The Morgan fingerprint density at radius 2 is 2.27 bits per heavy atom. The lowest BCUT2D eigenvalue weighted by Gasteiger charge is -2.17.